The molecule has 0 spiro atoms. The van der Waals surface area contributed by atoms with Crippen molar-refractivity contribution in [1.82, 2.24) is 15.2 Å². The highest BCUT2D eigenvalue weighted by Crippen LogP contribution is 2.27. The second-order valence-electron chi connectivity index (χ2n) is 6.86. The van der Waals surface area contributed by atoms with Crippen LogP contribution >= 0.6 is 25.3 Å². The molecule has 2 rings (SSSR count). The van der Waals surface area contributed by atoms with Crippen molar-refractivity contribution in [2.75, 3.05) is 20.2 Å². The van der Waals surface area contributed by atoms with Gasteiger partial charge in [-0.25, -0.2) is 0 Å². The zero-order valence-corrected chi connectivity index (χ0v) is 21.1. The van der Waals surface area contributed by atoms with Gasteiger partial charge >= 0.3 is 0 Å². The summed E-state index contributed by atoms with van der Waals surface area (Å²) < 4.78 is 7.39. The molecule has 2 N–H and O–H groups in total. The Morgan fingerprint density at radius 1 is 0.969 bits per heavy atom. The highest BCUT2D eigenvalue weighted by atomic mass is 32.1. The lowest BCUT2D eigenvalue weighted by atomic mass is 10.1. The molecule has 0 fully saturated rings. The van der Waals surface area contributed by atoms with Crippen LogP contribution in [0.4, 0.5) is 0 Å². The smallest absolute Gasteiger partial charge is 0.180 e. The van der Waals surface area contributed by atoms with E-state index in [2.05, 4.69) is 66.9 Å². The third-order valence-electron chi connectivity index (χ3n) is 4.73. The predicted octanol–water partition coefficient (Wildman–Crippen LogP) is 3.88. The van der Waals surface area contributed by atoms with Crippen LogP contribution in [-0.4, -0.2) is 46.5 Å². The minimum absolute atomic E-state index is 0.424. The molecule has 1 aromatic heterocycles. The van der Waals surface area contributed by atoms with Crippen LogP contribution in [0.5, 0.6) is 5.75 Å². The lowest BCUT2D eigenvalue weighted by Crippen LogP contribution is -2.19. The Hall–Kier alpha value is -2.72. The van der Waals surface area contributed by atoms with Gasteiger partial charge in [0.25, 0.3) is 0 Å². The van der Waals surface area contributed by atoms with Crippen molar-refractivity contribution in [2.24, 2.45) is 27.5 Å². The summed E-state index contributed by atoms with van der Waals surface area (Å²) in [4.78, 5) is 0. The van der Waals surface area contributed by atoms with Crippen LogP contribution in [0, 0.1) is 6.92 Å². The van der Waals surface area contributed by atoms with Gasteiger partial charge in [0.1, 0.15) is 11.5 Å². The molecule has 0 bridgehead atoms. The Morgan fingerprint density at radius 2 is 1.53 bits per heavy atom. The molecule has 0 radical (unpaired) electrons. The zero-order chi connectivity index (χ0) is 23.7. The van der Waals surface area contributed by atoms with Crippen LogP contribution in [-0.2, 0) is 7.05 Å². The van der Waals surface area contributed by atoms with E-state index in [1.165, 1.54) is 0 Å². The Kier molecular flexibility index (Phi) is 9.86. The summed E-state index contributed by atoms with van der Waals surface area (Å²) >= 11 is 8.62. The van der Waals surface area contributed by atoms with Crippen molar-refractivity contribution >= 4 is 47.0 Å². The number of nitrogens with one attached hydrogen (secondary N) is 2. The fourth-order valence-corrected chi connectivity index (χ4v) is 3.36. The lowest BCUT2D eigenvalue weighted by Gasteiger charge is -2.07. The maximum Gasteiger partial charge on any atom is 0.180 e. The summed E-state index contributed by atoms with van der Waals surface area (Å²) in [5.41, 5.74) is 5.22. The minimum atomic E-state index is 0.424. The van der Waals surface area contributed by atoms with E-state index in [1.807, 2.05) is 59.0 Å². The predicted molar refractivity (Wildman–Crippen MR) is 142 cm³/mol. The normalized spacial score (nSPS) is 13.4. The number of benzene rings is 1. The quantitative estimate of drug-likeness (QED) is 0.203. The fourth-order valence-electron chi connectivity index (χ4n) is 2.95. The maximum absolute atomic E-state index is 5.28. The molecule has 1 heterocycles. The van der Waals surface area contributed by atoms with Crippen LogP contribution in [0.15, 0.2) is 50.7 Å². The molecule has 0 aliphatic carbocycles. The number of rotatable bonds is 8. The monoisotopic (exact) mass is 473 g/mol. The summed E-state index contributed by atoms with van der Waals surface area (Å²) in [7, 11) is 3.67. The molecule has 0 aliphatic heterocycles. The van der Waals surface area contributed by atoms with Gasteiger partial charge in [0, 0.05) is 37.1 Å². The van der Waals surface area contributed by atoms with Gasteiger partial charge in [-0.1, -0.05) is 0 Å². The molecule has 32 heavy (non-hydrogen) atoms. The average Bonchev–Trinajstić information content (AvgIpc) is 3.07. The van der Waals surface area contributed by atoms with Gasteiger partial charge in [0.2, 0.25) is 0 Å². The summed E-state index contributed by atoms with van der Waals surface area (Å²) in [5.74, 6) is 0.810. The molecular formula is C22H31N7OS2. The number of aromatic nitrogens is 1. The number of hydrogen-bond donors (Lipinski definition) is 4. The molecule has 2 aromatic rings. The SMILES string of the molecule is CCN/C(S)=N/N=C(C)/C(=N/N=C(\S)NCC)c1cc(-c2ccc(OC)cc2)n(C)c1C. The van der Waals surface area contributed by atoms with E-state index in [-0.39, 0.29) is 0 Å². The highest BCUT2D eigenvalue weighted by molar-refractivity contribution is 7.97. The van der Waals surface area contributed by atoms with Crippen molar-refractivity contribution in [3.63, 3.8) is 0 Å². The van der Waals surface area contributed by atoms with Crippen molar-refractivity contribution < 1.29 is 4.74 Å². The Bertz CT molecular complexity index is 1040. The van der Waals surface area contributed by atoms with Crippen LogP contribution in [0.1, 0.15) is 32.0 Å². The van der Waals surface area contributed by atoms with Crippen LogP contribution in [0.25, 0.3) is 11.3 Å². The van der Waals surface area contributed by atoms with E-state index in [4.69, 9.17) is 4.74 Å². The second kappa shape index (κ2) is 12.4. The molecule has 1 aromatic carbocycles. The van der Waals surface area contributed by atoms with Gasteiger partial charge in [0.05, 0.1) is 12.8 Å². The second-order valence-corrected chi connectivity index (χ2v) is 7.71. The summed E-state index contributed by atoms with van der Waals surface area (Å²) in [5, 5.41) is 24.0. The van der Waals surface area contributed by atoms with Gasteiger partial charge in [-0.15, -0.1) is 40.6 Å². The maximum atomic E-state index is 5.28. The largest absolute Gasteiger partial charge is 0.497 e. The molecular weight excluding hydrogens is 442 g/mol. The van der Waals surface area contributed by atoms with Crippen LogP contribution in [0.2, 0.25) is 0 Å². The van der Waals surface area contributed by atoms with Gasteiger partial charge in [-0.05, 0) is 63.6 Å². The van der Waals surface area contributed by atoms with Crippen LogP contribution < -0.4 is 15.4 Å². The zero-order valence-electron chi connectivity index (χ0n) is 19.3. The number of methoxy groups -OCH3 is 1. The Balaban J connectivity index is 2.58. The molecule has 8 nitrogen and oxygen atoms in total. The number of hydrogen-bond acceptors (Lipinski definition) is 5. The van der Waals surface area contributed by atoms with E-state index in [9.17, 15) is 0 Å². The standard InChI is InChI=1S/C22H31N7OS2/c1-7-23-21(31)27-25-14(3)20(26-28-22(32)24-8-2)18-13-19(29(5)15(18)4)16-9-11-17(30-6)12-10-16/h9-13H,7-8H2,1-6H3,(H2,23,27,31)(H2,24,28,32)/b25-14+,26-20-. The average molecular weight is 474 g/mol. The van der Waals surface area contributed by atoms with E-state index in [1.54, 1.807) is 7.11 Å². The molecule has 172 valence electrons. The Morgan fingerprint density at radius 3 is 2.06 bits per heavy atom. The molecule has 0 saturated heterocycles. The molecule has 0 amide bonds. The summed E-state index contributed by atoms with van der Waals surface area (Å²) in [6.45, 7) is 9.21. The Labute approximate surface area is 200 Å². The first-order valence-electron chi connectivity index (χ1n) is 10.3. The number of amidine groups is 2. The fraction of sp³-hybridized carbons (Fsp3) is 0.364. The first-order chi connectivity index (χ1) is 15.3. The first kappa shape index (κ1) is 25.5. The van der Waals surface area contributed by atoms with Gasteiger partial charge < -0.3 is 19.9 Å². The number of ether oxygens (including phenoxy) is 1. The highest BCUT2D eigenvalue weighted by Gasteiger charge is 2.18. The van der Waals surface area contributed by atoms with E-state index >= 15 is 0 Å². The van der Waals surface area contributed by atoms with E-state index < -0.39 is 0 Å². The van der Waals surface area contributed by atoms with Crippen molar-refractivity contribution in [3.05, 3.63) is 41.6 Å². The molecule has 10 heteroatoms. The van der Waals surface area contributed by atoms with Crippen molar-refractivity contribution in [3.8, 4) is 17.0 Å². The molecule has 0 aliphatic rings. The molecule has 0 saturated carbocycles. The molecule has 0 atom stereocenters. The van der Waals surface area contributed by atoms with Crippen molar-refractivity contribution in [2.45, 2.75) is 27.7 Å². The van der Waals surface area contributed by atoms with Gasteiger partial charge in [-0.3, -0.25) is 0 Å². The third kappa shape index (κ3) is 6.64. The summed E-state index contributed by atoms with van der Waals surface area (Å²) in [6, 6.07) is 10.0. The number of nitrogens with zero attached hydrogens (tertiary/aromatic N) is 5. The first-order valence-corrected chi connectivity index (χ1v) is 11.2. The topological polar surface area (TPSA) is 87.7 Å². The van der Waals surface area contributed by atoms with Crippen LogP contribution in [0.3, 0.4) is 0 Å². The number of thiol groups is 2. The van der Waals surface area contributed by atoms with Gasteiger partial charge in [0.15, 0.2) is 10.3 Å². The molecule has 0 unspecified atom stereocenters. The van der Waals surface area contributed by atoms with Crippen molar-refractivity contribution in [1.29, 1.82) is 0 Å². The van der Waals surface area contributed by atoms with Gasteiger partial charge in [-0.2, -0.15) is 5.10 Å². The lowest BCUT2D eigenvalue weighted by molar-refractivity contribution is 0.415. The minimum Gasteiger partial charge on any atom is -0.497 e. The third-order valence-corrected chi connectivity index (χ3v) is 5.22. The van der Waals surface area contributed by atoms with E-state index in [0.717, 1.165) is 28.3 Å². The summed E-state index contributed by atoms with van der Waals surface area (Å²) in [6.07, 6.45) is 0. The van der Waals surface area contributed by atoms with E-state index in [0.29, 0.717) is 34.8 Å².